The van der Waals surface area contributed by atoms with E-state index in [0.717, 1.165) is 26.6 Å². The molecule has 2 aromatic carbocycles. The first-order valence-corrected chi connectivity index (χ1v) is 8.42. The SMILES string of the molecule is CC1(C)Cc2ccc(Cl)cc2C1Nc1cc(Br)ccc1Cl. The van der Waals surface area contributed by atoms with Crippen LogP contribution in [0.1, 0.15) is 31.0 Å². The fourth-order valence-electron chi connectivity index (χ4n) is 3.05. The van der Waals surface area contributed by atoms with Crippen LogP contribution in [0.4, 0.5) is 5.69 Å². The molecule has 0 heterocycles. The van der Waals surface area contributed by atoms with E-state index >= 15 is 0 Å². The van der Waals surface area contributed by atoms with Crippen LogP contribution in [0.15, 0.2) is 40.9 Å². The molecule has 1 aliphatic rings. The molecule has 0 radical (unpaired) electrons. The average Bonchev–Trinajstić information content (AvgIpc) is 2.65. The summed E-state index contributed by atoms with van der Waals surface area (Å²) in [4.78, 5) is 0. The molecule has 4 heteroatoms. The normalized spacial score (nSPS) is 19.4. The van der Waals surface area contributed by atoms with E-state index in [1.54, 1.807) is 0 Å². The van der Waals surface area contributed by atoms with Crippen LogP contribution in [0.3, 0.4) is 0 Å². The van der Waals surface area contributed by atoms with E-state index in [4.69, 9.17) is 23.2 Å². The molecule has 1 aliphatic carbocycles. The van der Waals surface area contributed by atoms with Crippen LogP contribution in [0, 0.1) is 5.41 Å². The minimum atomic E-state index is 0.110. The van der Waals surface area contributed by atoms with E-state index in [2.05, 4.69) is 47.2 Å². The third kappa shape index (κ3) is 2.94. The average molecular weight is 385 g/mol. The van der Waals surface area contributed by atoms with Crippen molar-refractivity contribution in [2.75, 3.05) is 5.32 Å². The number of benzene rings is 2. The Kier molecular flexibility index (Phi) is 3.98. The first kappa shape index (κ1) is 15.2. The van der Waals surface area contributed by atoms with Crippen molar-refractivity contribution < 1.29 is 0 Å². The molecule has 0 saturated carbocycles. The highest BCUT2D eigenvalue weighted by atomic mass is 79.9. The highest BCUT2D eigenvalue weighted by Gasteiger charge is 2.39. The fourth-order valence-corrected chi connectivity index (χ4v) is 3.76. The molecule has 0 amide bonds. The molecule has 0 spiro atoms. The van der Waals surface area contributed by atoms with Crippen molar-refractivity contribution in [3.63, 3.8) is 0 Å². The van der Waals surface area contributed by atoms with Gasteiger partial charge >= 0.3 is 0 Å². The second-order valence-electron chi connectivity index (χ2n) is 6.21. The van der Waals surface area contributed by atoms with Gasteiger partial charge in [0.25, 0.3) is 0 Å². The maximum Gasteiger partial charge on any atom is 0.0638 e. The number of halogens is 3. The van der Waals surface area contributed by atoms with Gasteiger partial charge in [0.2, 0.25) is 0 Å². The molecule has 110 valence electrons. The van der Waals surface area contributed by atoms with E-state index in [0.29, 0.717) is 0 Å². The summed E-state index contributed by atoms with van der Waals surface area (Å²) in [6, 6.07) is 12.2. The van der Waals surface area contributed by atoms with E-state index in [1.807, 2.05) is 24.3 Å². The van der Waals surface area contributed by atoms with Gasteiger partial charge in [-0.25, -0.2) is 0 Å². The minimum Gasteiger partial charge on any atom is -0.376 e. The van der Waals surface area contributed by atoms with Crippen molar-refractivity contribution in [3.05, 3.63) is 62.0 Å². The molecule has 1 atom stereocenters. The van der Waals surface area contributed by atoms with Crippen LogP contribution in [0.5, 0.6) is 0 Å². The Morgan fingerprint density at radius 3 is 2.67 bits per heavy atom. The Hall–Kier alpha value is -0.700. The van der Waals surface area contributed by atoms with Crippen molar-refractivity contribution in [3.8, 4) is 0 Å². The first-order valence-electron chi connectivity index (χ1n) is 6.87. The Labute approximate surface area is 143 Å². The molecule has 0 bridgehead atoms. The topological polar surface area (TPSA) is 12.0 Å². The Bertz CT molecular complexity index is 697. The minimum absolute atomic E-state index is 0.110. The summed E-state index contributed by atoms with van der Waals surface area (Å²) in [5.41, 5.74) is 3.67. The van der Waals surface area contributed by atoms with Crippen molar-refractivity contribution in [2.45, 2.75) is 26.3 Å². The van der Waals surface area contributed by atoms with E-state index < -0.39 is 0 Å². The van der Waals surface area contributed by atoms with Gasteiger partial charge in [0.1, 0.15) is 0 Å². The van der Waals surface area contributed by atoms with Crippen molar-refractivity contribution in [1.82, 2.24) is 0 Å². The smallest absolute Gasteiger partial charge is 0.0638 e. The predicted octanol–water partition coefficient (Wildman–Crippen LogP) is 6.49. The van der Waals surface area contributed by atoms with Gasteiger partial charge in [0, 0.05) is 9.50 Å². The molecule has 2 aromatic rings. The fraction of sp³-hybridized carbons (Fsp3) is 0.294. The first-order chi connectivity index (χ1) is 9.87. The van der Waals surface area contributed by atoms with E-state index in [-0.39, 0.29) is 11.5 Å². The van der Waals surface area contributed by atoms with Crippen LogP contribution in [0.25, 0.3) is 0 Å². The van der Waals surface area contributed by atoms with Gasteiger partial charge in [-0.05, 0) is 53.3 Å². The third-order valence-corrected chi connectivity index (χ3v) is 5.13. The van der Waals surface area contributed by atoms with Gasteiger partial charge in [-0.2, -0.15) is 0 Å². The number of nitrogens with one attached hydrogen (secondary N) is 1. The van der Waals surface area contributed by atoms with Crippen LogP contribution in [0.2, 0.25) is 10.0 Å². The lowest BCUT2D eigenvalue weighted by molar-refractivity contribution is 0.337. The van der Waals surface area contributed by atoms with Gasteiger partial charge in [0.15, 0.2) is 0 Å². The lowest BCUT2D eigenvalue weighted by Gasteiger charge is -2.30. The van der Waals surface area contributed by atoms with Crippen molar-refractivity contribution in [2.24, 2.45) is 5.41 Å². The predicted molar refractivity (Wildman–Crippen MR) is 94.5 cm³/mol. The Morgan fingerprint density at radius 2 is 1.90 bits per heavy atom. The van der Waals surface area contributed by atoms with E-state index in [1.165, 1.54) is 11.1 Å². The molecule has 1 nitrogen and oxygen atoms in total. The largest absolute Gasteiger partial charge is 0.376 e. The molecule has 0 fully saturated rings. The number of hydrogen-bond donors (Lipinski definition) is 1. The standard InChI is InChI=1S/C17H16BrCl2N/c1-17(2)9-10-3-5-12(19)8-13(10)16(17)21-15-7-11(18)4-6-14(15)20/h3-8,16,21H,9H2,1-2H3. The van der Waals surface area contributed by atoms with Gasteiger partial charge in [0.05, 0.1) is 16.8 Å². The second-order valence-corrected chi connectivity index (χ2v) is 7.97. The van der Waals surface area contributed by atoms with Crippen LogP contribution < -0.4 is 5.32 Å². The zero-order valence-corrected chi connectivity index (χ0v) is 15.0. The summed E-state index contributed by atoms with van der Waals surface area (Å²) in [7, 11) is 0. The van der Waals surface area contributed by atoms with Crippen LogP contribution in [-0.4, -0.2) is 0 Å². The summed E-state index contributed by atoms with van der Waals surface area (Å²) in [6.07, 6.45) is 1.03. The Morgan fingerprint density at radius 1 is 1.14 bits per heavy atom. The van der Waals surface area contributed by atoms with Crippen molar-refractivity contribution in [1.29, 1.82) is 0 Å². The molecular weight excluding hydrogens is 369 g/mol. The Balaban J connectivity index is 2.01. The number of rotatable bonds is 2. The maximum absolute atomic E-state index is 6.32. The van der Waals surface area contributed by atoms with E-state index in [9.17, 15) is 0 Å². The van der Waals surface area contributed by atoms with Gasteiger partial charge in [-0.3, -0.25) is 0 Å². The molecule has 1 unspecified atom stereocenters. The highest BCUT2D eigenvalue weighted by Crippen LogP contribution is 2.48. The molecule has 0 aliphatic heterocycles. The van der Waals surface area contributed by atoms with Crippen molar-refractivity contribution >= 4 is 44.8 Å². The summed E-state index contributed by atoms with van der Waals surface area (Å²) < 4.78 is 1.01. The molecule has 3 rings (SSSR count). The molecule has 0 saturated heterocycles. The lowest BCUT2D eigenvalue weighted by atomic mass is 9.85. The number of fused-ring (bicyclic) bond motifs is 1. The van der Waals surface area contributed by atoms with Crippen LogP contribution >= 0.6 is 39.1 Å². The summed E-state index contributed by atoms with van der Waals surface area (Å²) in [5.74, 6) is 0. The zero-order valence-electron chi connectivity index (χ0n) is 11.9. The maximum atomic E-state index is 6.32. The molecule has 0 aromatic heterocycles. The highest BCUT2D eigenvalue weighted by molar-refractivity contribution is 9.10. The zero-order chi connectivity index (χ0) is 15.2. The summed E-state index contributed by atoms with van der Waals surface area (Å²) in [6.45, 7) is 4.54. The van der Waals surface area contributed by atoms with Gasteiger partial charge in [-0.15, -0.1) is 0 Å². The summed E-state index contributed by atoms with van der Waals surface area (Å²) >= 11 is 16.0. The van der Waals surface area contributed by atoms with Crippen LogP contribution in [-0.2, 0) is 6.42 Å². The van der Waals surface area contributed by atoms with Gasteiger partial charge < -0.3 is 5.32 Å². The quantitative estimate of drug-likeness (QED) is 0.623. The third-order valence-electron chi connectivity index (χ3n) is 4.07. The lowest BCUT2D eigenvalue weighted by Crippen LogP contribution is -2.24. The summed E-state index contributed by atoms with van der Waals surface area (Å²) in [5, 5.41) is 5.11. The number of anilines is 1. The molecule has 21 heavy (non-hydrogen) atoms. The molecule has 1 N–H and O–H groups in total. The number of hydrogen-bond acceptors (Lipinski definition) is 1. The molecular formula is C17H16BrCl2N. The van der Waals surface area contributed by atoms with Gasteiger partial charge in [-0.1, -0.05) is 59.0 Å². The second kappa shape index (κ2) is 5.49. The monoisotopic (exact) mass is 383 g/mol.